The fraction of sp³-hybridized carbons (Fsp3) is 0.706. The molecular weight excluding hydrogens is 360 g/mol. The Morgan fingerprint density at radius 1 is 1.36 bits per heavy atom. The van der Waals surface area contributed by atoms with Gasteiger partial charge in [-0.25, -0.2) is 13.4 Å². The van der Waals surface area contributed by atoms with E-state index in [0.29, 0.717) is 29.0 Å². The molecule has 1 N–H and O–H groups in total. The van der Waals surface area contributed by atoms with Crippen molar-refractivity contribution in [1.82, 2.24) is 10.3 Å². The lowest BCUT2D eigenvalue weighted by Gasteiger charge is -2.20. The first-order chi connectivity index (χ1) is 11.9. The van der Waals surface area contributed by atoms with Gasteiger partial charge in [-0.15, -0.1) is 0 Å². The minimum Gasteiger partial charge on any atom is -0.351 e. The van der Waals surface area contributed by atoms with Gasteiger partial charge in [-0.05, 0) is 38.0 Å². The molecule has 2 fully saturated rings. The molecule has 2 aliphatic rings. The van der Waals surface area contributed by atoms with Gasteiger partial charge in [0.05, 0.1) is 11.9 Å². The van der Waals surface area contributed by atoms with E-state index in [-0.39, 0.29) is 21.9 Å². The molecule has 3 unspecified atom stereocenters. The molecule has 0 aliphatic heterocycles. The largest absolute Gasteiger partial charge is 0.351 e. The fourth-order valence-corrected chi connectivity index (χ4v) is 6.12. The summed E-state index contributed by atoms with van der Waals surface area (Å²) in [5, 5.41) is 2.80. The predicted octanol–water partition coefficient (Wildman–Crippen LogP) is 2.45. The van der Waals surface area contributed by atoms with Crippen LogP contribution in [0.1, 0.15) is 55.1 Å². The summed E-state index contributed by atoms with van der Waals surface area (Å²) in [6, 6.07) is 0. The summed E-state index contributed by atoms with van der Waals surface area (Å²) in [6.45, 7) is 2.08. The summed E-state index contributed by atoms with van der Waals surface area (Å²) < 4.78 is 23.5. The molecule has 3 atom stereocenters. The summed E-state index contributed by atoms with van der Waals surface area (Å²) in [6.07, 6.45) is 7.37. The molecule has 2 saturated carbocycles. The van der Waals surface area contributed by atoms with Gasteiger partial charge >= 0.3 is 0 Å². The lowest BCUT2D eigenvalue weighted by atomic mass is 9.84. The van der Waals surface area contributed by atoms with E-state index in [1.54, 1.807) is 6.92 Å². The molecule has 0 aromatic carbocycles. The molecule has 1 heterocycles. The van der Waals surface area contributed by atoms with Crippen molar-refractivity contribution in [2.75, 3.05) is 12.3 Å². The molecular formula is C17H24N2O4S2. The number of thiazole rings is 1. The van der Waals surface area contributed by atoms with E-state index in [1.165, 1.54) is 12.6 Å². The van der Waals surface area contributed by atoms with Crippen LogP contribution in [-0.4, -0.2) is 37.4 Å². The van der Waals surface area contributed by atoms with Crippen molar-refractivity contribution in [3.05, 3.63) is 11.1 Å². The van der Waals surface area contributed by atoms with E-state index in [2.05, 4.69) is 10.3 Å². The number of carbonyl (C=O) groups excluding carboxylic acids is 2. The second kappa shape index (κ2) is 7.53. The van der Waals surface area contributed by atoms with Crippen LogP contribution in [0.25, 0.3) is 0 Å². The summed E-state index contributed by atoms with van der Waals surface area (Å²) in [4.78, 5) is 28.3. The van der Waals surface area contributed by atoms with E-state index in [1.807, 2.05) is 0 Å². The third-order valence-electron chi connectivity index (χ3n) is 5.39. The number of hydrogen-bond acceptors (Lipinski definition) is 6. The summed E-state index contributed by atoms with van der Waals surface area (Å²) in [7, 11) is -3.36. The molecule has 1 aromatic heterocycles. The molecule has 138 valence electrons. The highest BCUT2D eigenvalue weighted by Crippen LogP contribution is 2.47. The number of nitrogens with zero attached hydrogens (tertiary/aromatic N) is 1. The quantitative estimate of drug-likeness (QED) is 0.695. The highest BCUT2D eigenvalue weighted by Gasteiger charge is 2.45. The van der Waals surface area contributed by atoms with Gasteiger partial charge in [0, 0.05) is 18.4 Å². The Morgan fingerprint density at radius 2 is 2.16 bits per heavy atom. The zero-order valence-corrected chi connectivity index (χ0v) is 16.0. The highest BCUT2D eigenvalue weighted by atomic mass is 32.2. The van der Waals surface area contributed by atoms with Crippen molar-refractivity contribution >= 4 is 32.9 Å². The van der Waals surface area contributed by atoms with Crippen molar-refractivity contribution in [3.8, 4) is 0 Å². The van der Waals surface area contributed by atoms with Gasteiger partial charge < -0.3 is 5.32 Å². The second-order valence-corrected chi connectivity index (χ2v) is 10.4. The fourth-order valence-electron chi connectivity index (χ4n) is 3.96. The summed E-state index contributed by atoms with van der Waals surface area (Å²) in [5.74, 6) is 1.33. The summed E-state index contributed by atoms with van der Waals surface area (Å²) in [5.41, 5.74) is 0. The van der Waals surface area contributed by atoms with Crippen LogP contribution in [0.4, 0.5) is 0 Å². The minimum absolute atomic E-state index is 0.00468. The molecule has 2 aliphatic carbocycles. The van der Waals surface area contributed by atoms with Gasteiger partial charge in [0.1, 0.15) is 10.7 Å². The number of amides is 1. The molecule has 0 saturated heterocycles. The normalized spacial score (nSPS) is 25.5. The molecule has 8 heteroatoms. The first-order valence-corrected chi connectivity index (χ1v) is 11.4. The lowest BCUT2D eigenvalue weighted by molar-refractivity contribution is -0.126. The first kappa shape index (κ1) is 18.5. The standard InChI is InChI=1S/C17H24N2O4S2/c1-2-25(22,23)17-19-10-14(24-17)16(21)18-8-4-3-5-13-11-6-7-12(9-11)15(13)20/h10-13H,2-9H2,1H3,(H,18,21). The third kappa shape index (κ3) is 3.95. The molecule has 25 heavy (non-hydrogen) atoms. The molecule has 0 radical (unpaired) electrons. The number of nitrogens with one attached hydrogen (secondary N) is 1. The molecule has 1 amide bonds. The SMILES string of the molecule is CCS(=O)(=O)c1ncc(C(=O)NCCCCC2C(=O)C3CCC2C3)s1. The van der Waals surface area contributed by atoms with Crippen molar-refractivity contribution < 1.29 is 18.0 Å². The molecule has 3 rings (SSSR count). The van der Waals surface area contributed by atoms with Crippen molar-refractivity contribution in [2.24, 2.45) is 17.8 Å². The monoisotopic (exact) mass is 384 g/mol. The predicted molar refractivity (Wildman–Crippen MR) is 95.4 cm³/mol. The van der Waals surface area contributed by atoms with E-state index < -0.39 is 9.84 Å². The average molecular weight is 385 g/mol. The number of aromatic nitrogens is 1. The highest BCUT2D eigenvalue weighted by molar-refractivity contribution is 7.93. The summed E-state index contributed by atoms with van der Waals surface area (Å²) >= 11 is 0.909. The van der Waals surface area contributed by atoms with Crippen molar-refractivity contribution in [2.45, 2.75) is 49.8 Å². The number of sulfone groups is 1. The Labute approximate surface area is 152 Å². The number of Topliss-reactive ketones (excluding diaryl/α,β-unsaturated/α-hetero) is 1. The van der Waals surface area contributed by atoms with Crippen LogP contribution in [-0.2, 0) is 14.6 Å². The Kier molecular flexibility index (Phi) is 5.58. The third-order valence-corrected chi connectivity index (χ3v) is 8.59. The van der Waals surface area contributed by atoms with Gasteiger partial charge in [-0.3, -0.25) is 9.59 Å². The van der Waals surface area contributed by atoms with E-state index in [9.17, 15) is 18.0 Å². The van der Waals surface area contributed by atoms with Crippen LogP contribution in [0.3, 0.4) is 0 Å². The molecule has 0 spiro atoms. The zero-order valence-electron chi connectivity index (χ0n) is 14.4. The van der Waals surface area contributed by atoms with Crippen LogP contribution in [0.2, 0.25) is 0 Å². The Morgan fingerprint density at radius 3 is 2.84 bits per heavy atom. The van der Waals surface area contributed by atoms with Crippen LogP contribution >= 0.6 is 11.3 Å². The number of ketones is 1. The van der Waals surface area contributed by atoms with Gasteiger partial charge in [-0.1, -0.05) is 24.7 Å². The van der Waals surface area contributed by atoms with Crippen LogP contribution in [0.15, 0.2) is 10.5 Å². The van der Waals surface area contributed by atoms with Crippen molar-refractivity contribution in [1.29, 1.82) is 0 Å². The minimum atomic E-state index is -3.36. The van der Waals surface area contributed by atoms with Crippen LogP contribution in [0, 0.1) is 17.8 Å². The smallest absolute Gasteiger partial charge is 0.263 e. The number of fused-ring (bicyclic) bond motifs is 2. The first-order valence-electron chi connectivity index (χ1n) is 8.93. The lowest BCUT2D eigenvalue weighted by Crippen LogP contribution is -2.25. The van der Waals surface area contributed by atoms with E-state index in [4.69, 9.17) is 0 Å². The number of hydrogen-bond donors (Lipinski definition) is 1. The number of rotatable bonds is 8. The average Bonchev–Trinajstić information content (AvgIpc) is 3.31. The van der Waals surface area contributed by atoms with E-state index in [0.717, 1.165) is 43.4 Å². The van der Waals surface area contributed by atoms with Crippen LogP contribution < -0.4 is 5.32 Å². The van der Waals surface area contributed by atoms with Crippen molar-refractivity contribution in [3.63, 3.8) is 0 Å². The molecule has 2 bridgehead atoms. The second-order valence-electron chi connectivity index (χ2n) is 6.92. The van der Waals surface area contributed by atoms with E-state index >= 15 is 0 Å². The zero-order chi connectivity index (χ0) is 18.0. The number of unbranched alkanes of at least 4 members (excludes halogenated alkanes) is 1. The van der Waals surface area contributed by atoms with Gasteiger partial charge in [-0.2, -0.15) is 0 Å². The molecule has 6 nitrogen and oxygen atoms in total. The number of carbonyl (C=O) groups is 2. The topological polar surface area (TPSA) is 93.2 Å². The maximum atomic E-state index is 12.1. The Hall–Kier alpha value is -1.28. The van der Waals surface area contributed by atoms with Gasteiger partial charge in [0.15, 0.2) is 0 Å². The van der Waals surface area contributed by atoms with Gasteiger partial charge in [0.25, 0.3) is 5.91 Å². The maximum absolute atomic E-state index is 12.1. The van der Waals surface area contributed by atoms with Gasteiger partial charge in [0.2, 0.25) is 14.2 Å². The Balaban J connectivity index is 1.39. The molecule has 1 aromatic rings. The Bertz CT molecular complexity index is 756. The van der Waals surface area contributed by atoms with Crippen LogP contribution in [0.5, 0.6) is 0 Å². The maximum Gasteiger partial charge on any atom is 0.263 e.